The van der Waals surface area contributed by atoms with Gasteiger partial charge >= 0.3 is 0 Å². The van der Waals surface area contributed by atoms with Gasteiger partial charge in [-0.05, 0) is 12.8 Å². The van der Waals surface area contributed by atoms with E-state index >= 15 is 0 Å². The van der Waals surface area contributed by atoms with Gasteiger partial charge in [0.05, 0.1) is 5.02 Å². The maximum Gasteiger partial charge on any atom is 0.195 e. The van der Waals surface area contributed by atoms with E-state index < -0.39 is 17.5 Å². The lowest BCUT2D eigenvalue weighted by molar-refractivity contribution is 0.435. The Morgan fingerprint density at radius 2 is 1.50 bits per heavy atom. The summed E-state index contributed by atoms with van der Waals surface area (Å²) in [5.74, 6) is -4.13. The van der Waals surface area contributed by atoms with E-state index in [1.165, 1.54) is 6.92 Å². The molecule has 1 rings (SSSR count). The van der Waals surface area contributed by atoms with Crippen LogP contribution in [0.15, 0.2) is 0 Å². The van der Waals surface area contributed by atoms with Gasteiger partial charge in [0.1, 0.15) is 0 Å². The van der Waals surface area contributed by atoms with Crippen molar-refractivity contribution in [3.05, 3.63) is 33.6 Å². The van der Waals surface area contributed by atoms with E-state index in [9.17, 15) is 13.2 Å². The summed E-state index contributed by atoms with van der Waals surface area (Å²) in [6, 6.07) is 0. The molecular weight excluding hydrogens is 213 g/mol. The predicted molar refractivity (Wildman–Crippen MR) is 50.2 cm³/mol. The predicted octanol–water partition coefficient (Wildman–Crippen LogP) is 4.19. The average Bonchev–Trinajstić information content (AvgIpc) is 2.11. The molecule has 0 unspecified atom stereocenters. The number of benzene rings is 1. The smallest absolute Gasteiger partial charge is 0.195 e. The van der Waals surface area contributed by atoms with Gasteiger partial charge in [-0.1, -0.05) is 25.4 Å². The maximum absolute atomic E-state index is 13.3. The van der Waals surface area contributed by atoms with Gasteiger partial charge < -0.3 is 0 Å². The van der Waals surface area contributed by atoms with Crippen LogP contribution in [0.2, 0.25) is 5.02 Å². The molecule has 0 fully saturated rings. The fraction of sp³-hybridized carbons (Fsp3) is 0.400. The van der Waals surface area contributed by atoms with Crippen molar-refractivity contribution in [2.75, 3.05) is 0 Å². The third-order valence-corrected chi connectivity index (χ3v) is 2.58. The lowest BCUT2D eigenvalue weighted by Gasteiger charge is -2.13. The summed E-state index contributed by atoms with van der Waals surface area (Å²) in [6.45, 7) is 4.66. The van der Waals surface area contributed by atoms with Crippen LogP contribution in [0.4, 0.5) is 13.2 Å². The zero-order chi connectivity index (χ0) is 11.0. The summed E-state index contributed by atoms with van der Waals surface area (Å²) in [5, 5.41) is -0.0311. The Bertz CT molecular complexity index is 343. The molecule has 0 N–H and O–H groups in total. The van der Waals surface area contributed by atoms with Crippen molar-refractivity contribution in [2.45, 2.75) is 26.7 Å². The Kier molecular flexibility index (Phi) is 3.10. The molecule has 4 heteroatoms. The molecule has 0 aliphatic rings. The molecule has 0 aliphatic heterocycles. The van der Waals surface area contributed by atoms with E-state index in [1.807, 2.05) is 0 Å². The molecule has 0 spiro atoms. The van der Waals surface area contributed by atoms with E-state index in [2.05, 4.69) is 0 Å². The van der Waals surface area contributed by atoms with E-state index in [-0.39, 0.29) is 22.1 Å². The molecule has 1 aromatic rings. The highest BCUT2D eigenvalue weighted by atomic mass is 35.5. The van der Waals surface area contributed by atoms with Crippen LogP contribution in [-0.4, -0.2) is 0 Å². The maximum atomic E-state index is 13.3. The van der Waals surface area contributed by atoms with E-state index in [1.54, 1.807) is 13.8 Å². The van der Waals surface area contributed by atoms with Gasteiger partial charge in [0.15, 0.2) is 17.5 Å². The molecule has 0 heterocycles. The highest BCUT2D eigenvalue weighted by molar-refractivity contribution is 6.32. The van der Waals surface area contributed by atoms with Crippen molar-refractivity contribution in [2.24, 2.45) is 0 Å². The second kappa shape index (κ2) is 3.81. The fourth-order valence-electron chi connectivity index (χ4n) is 1.28. The van der Waals surface area contributed by atoms with Gasteiger partial charge in [-0.2, -0.15) is 0 Å². The Labute approximate surface area is 85.7 Å². The quantitative estimate of drug-likeness (QED) is 0.494. The first kappa shape index (κ1) is 11.4. The summed E-state index contributed by atoms with van der Waals surface area (Å²) in [4.78, 5) is 0. The molecule has 0 nitrogen and oxygen atoms in total. The minimum absolute atomic E-state index is 0.0306. The van der Waals surface area contributed by atoms with Crippen molar-refractivity contribution >= 4 is 11.6 Å². The van der Waals surface area contributed by atoms with Gasteiger partial charge in [0.2, 0.25) is 0 Å². The van der Waals surface area contributed by atoms with Crippen LogP contribution in [0, 0.1) is 24.4 Å². The fourth-order valence-corrected chi connectivity index (χ4v) is 1.66. The zero-order valence-electron chi connectivity index (χ0n) is 8.09. The number of halogens is 4. The summed E-state index contributed by atoms with van der Waals surface area (Å²) in [6.07, 6.45) is 0. The van der Waals surface area contributed by atoms with Crippen molar-refractivity contribution in [1.29, 1.82) is 0 Å². The second-order valence-electron chi connectivity index (χ2n) is 3.45. The van der Waals surface area contributed by atoms with Gasteiger partial charge in [0, 0.05) is 11.1 Å². The molecule has 0 amide bonds. The Morgan fingerprint density at radius 1 is 1.00 bits per heavy atom. The van der Waals surface area contributed by atoms with E-state index in [0.717, 1.165) is 0 Å². The first-order valence-electron chi connectivity index (χ1n) is 4.20. The number of hydrogen-bond donors (Lipinski definition) is 0. The SMILES string of the molecule is Cc1c(F)c(F)c(F)c(C(C)C)c1Cl. The number of hydrogen-bond acceptors (Lipinski definition) is 0. The molecule has 0 aromatic heterocycles. The van der Waals surface area contributed by atoms with Crippen LogP contribution in [0.3, 0.4) is 0 Å². The van der Waals surface area contributed by atoms with Crippen LogP contribution >= 0.6 is 11.6 Å². The van der Waals surface area contributed by atoms with Crippen LogP contribution in [0.25, 0.3) is 0 Å². The Morgan fingerprint density at radius 3 is 1.93 bits per heavy atom. The summed E-state index contributed by atoms with van der Waals surface area (Å²) < 4.78 is 39.2. The third kappa shape index (κ3) is 1.61. The van der Waals surface area contributed by atoms with Crippen LogP contribution in [-0.2, 0) is 0 Å². The van der Waals surface area contributed by atoms with E-state index in [4.69, 9.17) is 11.6 Å². The molecule has 14 heavy (non-hydrogen) atoms. The second-order valence-corrected chi connectivity index (χ2v) is 3.83. The minimum Gasteiger partial charge on any atom is -0.203 e. The molecule has 1 aromatic carbocycles. The van der Waals surface area contributed by atoms with Crippen LogP contribution in [0.5, 0.6) is 0 Å². The Hall–Kier alpha value is -0.700. The summed E-state index contributed by atoms with van der Waals surface area (Å²) in [7, 11) is 0. The Balaban J connectivity index is 3.60. The normalized spacial score (nSPS) is 11.1. The molecule has 0 aliphatic carbocycles. The highest BCUT2D eigenvalue weighted by Gasteiger charge is 2.22. The molecular formula is C10H10ClF3. The van der Waals surface area contributed by atoms with E-state index in [0.29, 0.717) is 0 Å². The van der Waals surface area contributed by atoms with Gasteiger partial charge in [0.25, 0.3) is 0 Å². The molecule has 0 saturated carbocycles. The summed E-state index contributed by atoms with van der Waals surface area (Å²) in [5.41, 5.74) is -0.0164. The minimum atomic E-state index is -1.45. The lowest BCUT2D eigenvalue weighted by atomic mass is 9.99. The molecule has 0 bridgehead atoms. The van der Waals surface area contributed by atoms with Gasteiger partial charge in [-0.25, -0.2) is 13.2 Å². The summed E-state index contributed by atoms with van der Waals surface area (Å²) >= 11 is 5.72. The highest BCUT2D eigenvalue weighted by Crippen LogP contribution is 2.33. The molecule has 0 radical (unpaired) electrons. The zero-order valence-corrected chi connectivity index (χ0v) is 8.85. The lowest BCUT2D eigenvalue weighted by Crippen LogP contribution is -2.04. The number of rotatable bonds is 1. The monoisotopic (exact) mass is 222 g/mol. The average molecular weight is 223 g/mol. The van der Waals surface area contributed by atoms with Crippen molar-refractivity contribution in [3.63, 3.8) is 0 Å². The third-order valence-electron chi connectivity index (χ3n) is 2.09. The van der Waals surface area contributed by atoms with Gasteiger partial charge in [-0.15, -0.1) is 0 Å². The largest absolute Gasteiger partial charge is 0.203 e. The van der Waals surface area contributed by atoms with Gasteiger partial charge in [-0.3, -0.25) is 0 Å². The van der Waals surface area contributed by atoms with Crippen molar-refractivity contribution in [3.8, 4) is 0 Å². The molecule has 0 atom stereocenters. The van der Waals surface area contributed by atoms with Crippen LogP contribution < -0.4 is 0 Å². The van der Waals surface area contributed by atoms with Crippen LogP contribution in [0.1, 0.15) is 30.9 Å². The van der Waals surface area contributed by atoms with Crippen molar-refractivity contribution < 1.29 is 13.2 Å². The first-order valence-corrected chi connectivity index (χ1v) is 4.58. The first-order chi connectivity index (χ1) is 6.37. The molecule has 0 saturated heterocycles. The standard InChI is InChI=1S/C10H10ClF3/c1-4(2)6-7(11)5(3)8(12)10(14)9(6)13/h4H,1-3H3. The topological polar surface area (TPSA) is 0 Å². The van der Waals surface area contributed by atoms with Crippen molar-refractivity contribution in [1.82, 2.24) is 0 Å². The molecule has 78 valence electrons.